The van der Waals surface area contributed by atoms with E-state index in [2.05, 4.69) is 9.97 Å². The molecule has 0 spiro atoms. The van der Waals surface area contributed by atoms with Crippen molar-refractivity contribution >= 4 is 11.0 Å². The average Bonchev–Trinajstić information content (AvgIpc) is 2.64. The maximum absolute atomic E-state index is 9.55. The topological polar surface area (TPSA) is 48.9 Å². The Morgan fingerprint density at radius 2 is 2.06 bits per heavy atom. The highest BCUT2D eigenvalue weighted by molar-refractivity contribution is 5.95. The van der Waals surface area contributed by atoms with Crippen LogP contribution in [0.4, 0.5) is 0 Å². The molecule has 17 heavy (non-hydrogen) atoms. The molecule has 3 nitrogen and oxygen atoms in total. The van der Waals surface area contributed by atoms with E-state index in [1.54, 1.807) is 18.3 Å². The molecule has 0 bridgehead atoms. The molecule has 2 N–H and O–H groups in total. The van der Waals surface area contributed by atoms with Gasteiger partial charge in [-0.2, -0.15) is 0 Å². The summed E-state index contributed by atoms with van der Waals surface area (Å²) < 4.78 is 0. The Balaban J connectivity index is 2.33. The van der Waals surface area contributed by atoms with Gasteiger partial charge >= 0.3 is 0 Å². The fourth-order valence-electron chi connectivity index (χ4n) is 2.18. The van der Waals surface area contributed by atoms with Gasteiger partial charge in [0.05, 0.1) is 0 Å². The summed E-state index contributed by atoms with van der Waals surface area (Å²) in [7, 11) is 0. The van der Waals surface area contributed by atoms with E-state index in [1.807, 2.05) is 31.2 Å². The third kappa shape index (κ3) is 1.56. The molecule has 0 aliphatic carbocycles. The van der Waals surface area contributed by atoms with Gasteiger partial charge in [-0.1, -0.05) is 12.1 Å². The van der Waals surface area contributed by atoms with Gasteiger partial charge in [-0.15, -0.1) is 0 Å². The number of aromatic amines is 1. The highest BCUT2D eigenvalue weighted by Gasteiger charge is 2.10. The summed E-state index contributed by atoms with van der Waals surface area (Å²) in [4.78, 5) is 7.54. The molecule has 0 atom stereocenters. The summed E-state index contributed by atoms with van der Waals surface area (Å²) in [6.45, 7) is 2.01. The van der Waals surface area contributed by atoms with Gasteiger partial charge in [-0.25, -0.2) is 4.98 Å². The van der Waals surface area contributed by atoms with Crippen molar-refractivity contribution in [1.29, 1.82) is 0 Å². The standard InChI is InChI=1S/C14H12N2O/c1-9-13(10-4-2-5-11(17)8-10)12-6-3-7-15-14(12)16-9/h2-8,17H,1H3,(H,15,16). The number of fused-ring (bicyclic) bond motifs is 1. The van der Waals surface area contributed by atoms with E-state index in [9.17, 15) is 5.11 Å². The molecule has 0 aliphatic heterocycles. The molecule has 2 heterocycles. The molecule has 0 amide bonds. The molecular formula is C14H12N2O. The summed E-state index contributed by atoms with van der Waals surface area (Å²) in [5.74, 6) is 0.278. The van der Waals surface area contributed by atoms with Crippen LogP contribution in [0.2, 0.25) is 0 Å². The van der Waals surface area contributed by atoms with Crippen LogP contribution >= 0.6 is 0 Å². The number of H-pyrrole nitrogens is 1. The van der Waals surface area contributed by atoms with Gasteiger partial charge in [0.2, 0.25) is 0 Å². The normalized spacial score (nSPS) is 10.9. The van der Waals surface area contributed by atoms with Gasteiger partial charge in [-0.3, -0.25) is 0 Å². The van der Waals surface area contributed by atoms with Crippen molar-refractivity contribution in [3.05, 3.63) is 48.3 Å². The minimum absolute atomic E-state index is 0.278. The molecule has 1 aromatic carbocycles. The van der Waals surface area contributed by atoms with Crippen LogP contribution in [-0.4, -0.2) is 15.1 Å². The van der Waals surface area contributed by atoms with Crippen LogP contribution in [0, 0.1) is 6.92 Å². The Labute approximate surface area is 98.8 Å². The van der Waals surface area contributed by atoms with Gasteiger partial charge in [0.1, 0.15) is 11.4 Å². The van der Waals surface area contributed by atoms with Crippen molar-refractivity contribution in [2.75, 3.05) is 0 Å². The Morgan fingerprint density at radius 1 is 1.18 bits per heavy atom. The maximum atomic E-state index is 9.55. The van der Waals surface area contributed by atoms with Crippen molar-refractivity contribution in [3.63, 3.8) is 0 Å². The number of pyridine rings is 1. The fraction of sp³-hybridized carbons (Fsp3) is 0.0714. The Kier molecular flexibility index (Phi) is 2.11. The molecule has 0 radical (unpaired) electrons. The van der Waals surface area contributed by atoms with Crippen LogP contribution in [0.15, 0.2) is 42.6 Å². The number of rotatable bonds is 1. The summed E-state index contributed by atoms with van der Waals surface area (Å²) >= 11 is 0. The van der Waals surface area contributed by atoms with Crippen molar-refractivity contribution in [1.82, 2.24) is 9.97 Å². The highest BCUT2D eigenvalue weighted by Crippen LogP contribution is 2.32. The lowest BCUT2D eigenvalue weighted by Crippen LogP contribution is -1.79. The number of aromatic nitrogens is 2. The van der Waals surface area contributed by atoms with E-state index in [4.69, 9.17) is 0 Å². The van der Waals surface area contributed by atoms with Crippen LogP contribution < -0.4 is 0 Å². The molecule has 3 heteroatoms. The maximum Gasteiger partial charge on any atom is 0.138 e. The lowest BCUT2D eigenvalue weighted by Gasteiger charge is -2.02. The van der Waals surface area contributed by atoms with Crippen molar-refractivity contribution in [2.24, 2.45) is 0 Å². The van der Waals surface area contributed by atoms with Gasteiger partial charge in [0.25, 0.3) is 0 Å². The predicted molar refractivity (Wildman–Crippen MR) is 67.9 cm³/mol. The van der Waals surface area contributed by atoms with Crippen LogP contribution in [-0.2, 0) is 0 Å². The lowest BCUT2D eigenvalue weighted by atomic mass is 10.0. The van der Waals surface area contributed by atoms with E-state index in [1.165, 1.54) is 0 Å². The first-order valence-electron chi connectivity index (χ1n) is 5.48. The Bertz CT molecular complexity index is 686. The summed E-state index contributed by atoms with van der Waals surface area (Å²) in [5, 5.41) is 10.6. The van der Waals surface area contributed by atoms with E-state index in [-0.39, 0.29) is 5.75 Å². The second-order valence-corrected chi connectivity index (χ2v) is 4.07. The molecule has 3 rings (SSSR count). The number of hydrogen-bond acceptors (Lipinski definition) is 2. The van der Waals surface area contributed by atoms with E-state index in [0.29, 0.717) is 0 Å². The monoisotopic (exact) mass is 224 g/mol. The largest absolute Gasteiger partial charge is 0.508 e. The van der Waals surface area contributed by atoms with Crippen molar-refractivity contribution in [2.45, 2.75) is 6.92 Å². The van der Waals surface area contributed by atoms with Gasteiger partial charge in [0, 0.05) is 22.8 Å². The molecule has 2 aromatic heterocycles. The quantitative estimate of drug-likeness (QED) is 0.666. The smallest absolute Gasteiger partial charge is 0.138 e. The SMILES string of the molecule is Cc1[nH]c2ncccc2c1-c1cccc(O)c1. The molecule has 0 saturated heterocycles. The van der Waals surface area contributed by atoms with E-state index in [0.717, 1.165) is 27.9 Å². The van der Waals surface area contributed by atoms with E-state index >= 15 is 0 Å². The minimum Gasteiger partial charge on any atom is -0.508 e. The number of benzene rings is 1. The summed E-state index contributed by atoms with van der Waals surface area (Å²) in [6.07, 6.45) is 1.77. The molecule has 3 aromatic rings. The third-order valence-corrected chi connectivity index (χ3v) is 2.89. The lowest BCUT2D eigenvalue weighted by molar-refractivity contribution is 0.475. The van der Waals surface area contributed by atoms with E-state index < -0.39 is 0 Å². The molecule has 0 saturated carbocycles. The van der Waals surface area contributed by atoms with Crippen LogP contribution in [0.1, 0.15) is 5.69 Å². The van der Waals surface area contributed by atoms with Crippen molar-refractivity contribution in [3.8, 4) is 16.9 Å². The number of aromatic hydroxyl groups is 1. The Hall–Kier alpha value is -2.29. The average molecular weight is 224 g/mol. The number of phenols is 1. The predicted octanol–water partition coefficient (Wildman–Crippen LogP) is 3.24. The molecule has 0 aliphatic rings. The fourth-order valence-corrected chi connectivity index (χ4v) is 2.18. The Morgan fingerprint density at radius 3 is 2.88 bits per heavy atom. The van der Waals surface area contributed by atoms with Crippen LogP contribution in [0.5, 0.6) is 5.75 Å². The molecule has 84 valence electrons. The second-order valence-electron chi connectivity index (χ2n) is 4.07. The summed E-state index contributed by atoms with van der Waals surface area (Å²) in [5.41, 5.74) is 4.04. The third-order valence-electron chi connectivity index (χ3n) is 2.89. The summed E-state index contributed by atoms with van der Waals surface area (Å²) in [6, 6.07) is 11.2. The first-order valence-corrected chi connectivity index (χ1v) is 5.48. The molecule has 0 unspecified atom stereocenters. The van der Waals surface area contributed by atoms with Crippen LogP contribution in [0.25, 0.3) is 22.2 Å². The first-order chi connectivity index (χ1) is 8.25. The first kappa shape index (κ1) is 9.90. The number of hydrogen-bond donors (Lipinski definition) is 2. The number of nitrogens with zero attached hydrogens (tertiary/aromatic N) is 1. The van der Waals surface area contributed by atoms with Crippen molar-refractivity contribution < 1.29 is 5.11 Å². The van der Waals surface area contributed by atoms with Crippen LogP contribution in [0.3, 0.4) is 0 Å². The number of phenolic OH excluding ortho intramolecular Hbond substituents is 1. The van der Waals surface area contributed by atoms with Gasteiger partial charge < -0.3 is 10.1 Å². The minimum atomic E-state index is 0.278. The van der Waals surface area contributed by atoms with Gasteiger partial charge in [-0.05, 0) is 36.8 Å². The highest BCUT2D eigenvalue weighted by atomic mass is 16.3. The molecular weight excluding hydrogens is 212 g/mol. The zero-order chi connectivity index (χ0) is 11.8. The second kappa shape index (κ2) is 3.63. The number of nitrogens with one attached hydrogen (secondary N) is 1. The molecule has 0 fully saturated rings. The zero-order valence-corrected chi connectivity index (χ0v) is 9.44. The zero-order valence-electron chi connectivity index (χ0n) is 9.44. The van der Waals surface area contributed by atoms with Gasteiger partial charge in [0.15, 0.2) is 0 Å². The number of aryl methyl sites for hydroxylation is 1.